The quantitative estimate of drug-likeness (QED) is 0.671. The predicted molar refractivity (Wildman–Crippen MR) is 59.2 cm³/mol. The Morgan fingerprint density at radius 2 is 2.22 bits per heavy atom. The van der Waals surface area contributed by atoms with Crippen molar-refractivity contribution in [3.8, 4) is 0 Å². The SMILES string of the molecule is CCOC(=O)N/N=C/c1cccc(C(F)(F)F)c1. The second-order valence-electron chi connectivity index (χ2n) is 3.21. The zero-order valence-electron chi connectivity index (χ0n) is 9.49. The van der Waals surface area contributed by atoms with Crippen LogP contribution in [-0.2, 0) is 10.9 Å². The number of nitrogens with zero attached hydrogens (tertiary/aromatic N) is 1. The van der Waals surface area contributed by atoms with Crippen molar-refractivity contribution in [3.05, 3.63) is 35.4 Å². The molecule has 1 amide bonds. The largest absolute Gasteiger partial charge is 0.449 e. The second-order valence-corrected chi connectivity index (χ2v) is 3.21. The van der Waals surface area contributed by atoms with Gasteiger partial charge in [-0.15, -0.1) is 0 Å². The van der Waals surface area contributed by atoms with Crippen LogP contribution in [0.15, 0.2) is 29.4 Å². The van der Waals surface area contributed by atoms with E-state index in [1.807, 2.05) is 5.43 Å². The fourth-order valence-corrected chi connectivity index (χ4v) is 1.12. The summed E-state index contributed by atoms with van der Waals surface area (Å²) in [6.07, 6.45) is -4.06. The van der Waals surface area contributed by atoms with Gasteiger partial charge in [0.1, 0.15) is 0 Å². The van der Waals surface area contributed by atoms with Crippen LogP contribution in [0.4, 0.5) is 18.0 Å². The van der Waals surface area contributed by atoms with Crippen LogP contribution in [0.25, 0.3) is 0 Å². The van der Waals surface area contributed by atoms with Gasteiger partial charge in [-0.3, -0.25) is 0 Å². The van der Waals surface area contributed by atoms with Gasteiger partial charge in [-0.1, -0.05) is 12.1 Å². The summed E-state index contributed by atoms with van der Waals surface area (Å²) in [5.41, 5.74) is 1.47. The van der Waals surface area contributed by atoms with E-state index in [0.29, 0.717) is 0 Å². The van der Waals surface area contributed by atoms with Crippen LogP contribution in [0.2, 0.25) is 0 Å². The Kier molecular flexibility index (Phi) is 4.70. The van der Waals surface area contributed by atoms with Crippen LogP contribution in [0.3, 0.4) is 0 Å². The maximum Gasteiger partial charge on any atom is 0.427 e. The van der Waals surface area contributed by atoms with Gasteiger partial charge in [0.2, 0.25) is 0 Å². The van der Waals surface area contributed by atoms with E-state index in [4.69, 9.17) is 0 Å². The third kappa shape index (κ3) is 4.44. The molecular weight excluding hydrogens is 249 g/mol. The van der Waals surface area contributed by atoms with Gasteiger partial charge in [0.15, 0.2) is 0 Å². The van der Waals surface area contributed by atoms with E-state index in [2.05, 4.69) is 9.84 Å². The lowest BCUT2D eigenvalue weighted by Crippen LogP contribution is -2.18. The molecule has 1 aromatic rings. The van der Waals surface area contributed by atoms with Crippen molar-refractivity contribution in [1.29, 1.82) is 0 Å². The van der Waals surface area contributed by atoms with Crippen molar-refractivity contribution in [2.24, 2.45) is 5.10 Å². The maximum atomic E-state index is 12.4. The molecule has 1 aromatic carbocycles. The molecule has 0 spiro atoms. The molecule has 0 radical (unpaired) electrons. The van der Waals surface area contributed by atoms with Crippen molar-refractivity contribution < 1.29 is 22.7 Å². The summed E-state index contributed by atoms with van der Waals surface area (Å²) >= 11 is 0. The number of hydrogen-bond acceptors (Lipinski definition) is 3. The van der Waals surface area contributed by atoms with Crippen LogP contribution >= 0.6 is 0 Å². The van der Waals surface area contributed by atoms with E-state index in [1.54, 1.807) is 6.92 Å². The molecule has 0 aliphatic heterocycles. The second kappa shape index (κ2) is 6.04. The molecular formula is C11H11F3N2O2. The van der Waals surface area contributed by atoms with Gasteiger partial charge in [0, 0.05) is 0 Å². The first-order valence-electron chi connectivity index (χ1n) is 5.06. The van der Waals surface area contributed by atoms with Gasteiger partial charge < -0.3 is 4.74 Å². The molecule has 7 heteroatoms. The molecule has 18 heavy (non-hydrogen) atoms. The highest BCUT2D eigenvalue weighted by molar-refractivity contribution is 5.81. The molecule has 4 nitrogen and oxygen atoms in total. The van der Waals surface area contributed by atoms with Crippen molar-refractivity contribution in [1.82, 2.24) is 5.43 Å². The van der Waals surface area contributed by atoms with Gasteiger partial charge in [0.05, 0.1) is 18.4 Å². The minimum atomic E-state index is -4.40. The molecule has 0 saturated carbocycles. The molecule has 0 aliphatic carbocycles. The van der Waals surface area contributed by atoms with Crippen molar-refractivity contribution in [3.63, 3.8) is 0 Å². The number of amides is 1. The van der Waals surface area contributed by atoms with Crippen LogP contribution in [0, 0.1) is 0 Å². The minimum Gasteiger partial charge on any atom is -0.449 e. The first kappa shape index (κ1) is 14.0. The van der Waals surface area contributed by atoms with Gasteiger partial charge in [-0.2, -0.15) is 18.3 Å². The first-order valence-corrected chi connectivity index (χ1v) is 5.06. The van der Waals surface area contributed by atoms with Gasteiger partial charge in [-0.05, 0) is 24.6 Å². The van der Waals surface area contributed by atoms with Crippen molar-refractivity contribution in [2.75, 3.05) is 6.61 Å². The number of hydrazone groups is 1. The summed E-state index contributed by atoms with van der Waals surface area (Å²) in [6.45, 7) is 1.81. The summed E-state index contributed by atoms with van der Waals surface area (Å²) in [6, 6.07) is 4.58. The lowest BCUT2D eigenvalue weighted by Gasteiger charge is -2.06. The minimum absolute atomic E-state index is 0.185. The van der Waals surface area contributed by atoms with E-state index >= 15 is 0 Å². The standard InChI is InChI=1S/C11H11F3N2O2/c1-2-18-10(17)16-15-7-8-4-3-5-9(6-8)11(12,13)14/h3-7H,2H2,1H3,(H,16,17)/b15-7+. The van der Waals surface area contributed by atoms with Crippen LogP contribution in [0.1, 0.15) is 18.1 Å². The first-order chi connectivity index (χ1) is 8.43. The average molecular weight is 260 g/mol. The van der Waals surface area contributed by atoms with Crippen LogP contribution in [0.5, 0.6) is 0 Å². The Hall–Kier alpha value is -2.05. The number of alkyl halides is 3. The van der Waals surface area contributed by atoms with Crippen LogP contribution in [-0.4, -0.2) is 18.9 Å². The lowest BCUT2D eigenvalue weighted by atomic mass is 10.1. The highest BCUT2D eigenvalue weighted by Gasteiger charge is 2.30. The summed E-state index contributed by atoms with van der Waals surface area (Å²) < 4.78 is 41.7. The zero-order chi connectivity index (χ0) is 13.6. The maximum absolute atomic E-state index is 12.4. The Bertz CT molecular complexity index is 444. The number of benzene rings is 1. The topological polar surface area (TPSA) is 50.7 Å². The molecule has 0 aromatic heterocycles. The molecule has 0 saturated heterocycles. The molecule has 1 rings (SSSR count). The number of hydrogen-bond donors (Lipinski definition) is 1. The Morgan fingerprint density at radius 1 is 1.50 bits per heavy atom. The fraction of sp³-hybridized carbons (Fsp3) is 0.273. The Labute approximate surface area is 101 Å². The molecule has 0 fully saturated rings. The van der Waals surface area contributed by atoms with Gasteiger partial charge in [-0.25, -0.2) is 10.2 Å². The normalized spacial score (nSPS) is 11.6. The molecule has 0 aliphatic rings. The fourth-order valence-electron chi connectivity index (χ4n) is 1.12. The Morgan fingerprint density at radius 3 is 2.83 bits per heavy atom. The van der Waals surface area contributed by atoms with E-state index in [9.17, 15) is 18.0 Å². The number of halogens is 3. The van der Waals surface area contributed by atoms with Gasteiger partial charge >= 0.3 is 12.3 Å². The third-order valence-corrected chi connectivity index (χ3v) is 1.86. The van der Waals surface area contributed by atoms with Crippen LogP contribution < -0.4 is 5.43 Å². The highest BCUT2D eigenvalue weighted by atomic mass is 19.4. The van der Waals surface area contributed by atoms with Crippen molar-refractivity contribution >= 4 is 12.3 Å². The number of ether oxygens (including phenoxy) is 1. The van der Waals surface area contributed by atoms with E-state index < -0.39 is 17.8 Å². The zero-order valence-corrected chi connectivity index (χ0v) is 9.49. The number of nitrogens with one attached hydrogen (secondary N) is 1. The average Bonchev–Trinajstić information content (AvgIpc) is 2.29. The lowest BCUT2D eigenvalue weighted by molar-refractivity contribution is -0.137. The molecule has 98 valence electrons. The summed E-state index contributed by atoms with van der Waals surface area (Å²) in [7, 11) is 0. The van der Waals surface area contributed by atoms with Gasteiger partial charge in [0.25, 0.3) is 0 Å². The molecule has 0 heterocycles. The van der Waals surface area contributed by atoms with E-state index in [-0.39, 0.29) is 12.2 Å². The highest BCUT2D eigenvalue weighted by Crippen LogP contribution is 2.29. The monoisotopic (exact) mass is 260 g/mol. The predicted octanol–water partition coefficient (Wildman–Crippen LogP) is 2.79. The Balaban J connectivity index is 2.68. The molecule has 1 N–H and O–H groups in total. The summed E-state index contributed by atoms with van der Waals surface area (Å²) in [4.78, 5) is 10.8. The molecule has 0 atom stereocenters. The van der Waals surface area contributed by atoms with E-state index in [1.165, 1.54) is 12.1 Å². The smallest absolute Gasteiger partial charge is 0.427 e. The summed E-state index contributed by atoms with van der Waals surface area (Å²) in [5.74, 6) is 0. The molecule has 0 unspecified atom stereocenters. The number of rotatable bonds is 3. The number of carbonyl (C=O) groups excluding carboxylic acids is 1. The van der Waals surface area contributed by atoms with Crippen molar-refractivity contribution in [2.45, 2.75) is 13.1 Å². The molecule has 0 bridgehead atoms. The number of carbonyl (C=O) groups is 1. The summed E-state index contributed by atoms with van der Waals surface area (Å²) in [5, 5.41) is 3.47. The van der Waals surface area contributed by atoms with E-state index in [0.717, 1.165) is 18.3 Å². The third-order valence-electron chi connectivity index (χ3n) is 1.86.